The van der Waals surface area contributed by atoms with Gasteiger partial charge in [-0.1, -0.05) is 0 Å². The Morgan fingerprint density at radius 2 is 0.375 bits per heavy atom. The Morgan fingerprint density at radius 1 is 0.208 bits per heavy atom. The molecule has 0 saturated carbocycles. The summed E-state index contributed by atoms with van der Waals surface area (Å²) in [4.78, 5) is 150. The monoisotopic (exact) mass is 896 g/mol. The van der Waals surface area contributed by atoms with Crippen molar-refractivity contribution in [2.75, 3.05) is 49.8 Å². The van der Waals surface area contributed by atoms with Gasteiger partial charge in [-0.2, -0.15) is 0 Å². The molecule has 0 amide bonds. The van der Waals surface area contributed by atoms with Crippen LogP contribution in [0.1, 0.15) is 0 Å². The molecule has 41 heteroatoms. The van der Waals surface area contributed by atoms with Gasteiger partial charge in [0.25, 0.3) is 0 Å². The third-order valence-corrected chi connectivity index (χ3v) is 26.6. The molecule has 0 heterocycles. The van der Waals surface area contributed by atoms with Crippen molar-refractivity contribution < 1.29 is 140 Å². The van der Waals surface area contributed by atoms with Gasteiger partial charge in [-0.3, -0.25) is 0 Å². The first-order valence-electron chi connectivity index (χ1n) is 11.3. The summed E-state index contributed by atoms with van der Waals surface area (Å²) in [6.45, 7) is 0. The fourth-order valence-corrected chi connectivity index (χ4v) is 22.6. The van der Waals surface area contributed by atoms with Crippen molar-refractivity contribution in [2.45, 2.75) is 0 Å². The van der Waals surface area contributed by atoms with E-state index in [0.29, 0.717) is 49.8 Å². The molecule has 48 heavy (non-hydrogen) atoms. The van der Waals surface area contributed by atoms with Gasteiger partial charge in [-0.05, 0) is 0 Å². The number of hydrogen-bond acceptors (Lipinski definition) is 31. The molecule has 0 radical (unpaired) electrons. The van der Waals surface area contributed by atoms with E-state index in [2.05, 4.69) is 59.8 Å². The van der Waals surface area contributed by atoms with Crippen LogP contribution in [0.15, 0.2) is 0 Å². The minimum atomic E-state index is -6.18. The van der Waals surface area contributed by atoms with Gasteiger partial charge < -0.3 is 140 Å². The topological polar surface area (TPSA) is 451 Å². The Hall–Kier alpha value is 0.929. The second-order valence-corrected chi connectivity index (χ2v) is 28.6. The van der Waals surface area contributed by atoms with Crippen LogP contribution in [0.25, 0.3) is 0 Å². The van der Waals surface area contributed by atoms with E-state index in [-0.39, 0.29) is 0 Å². The van der Waals surface area contributed by atoms with Gasteiger partial charge in [0.1, 0.15) is 0 Å². The second kappa shape index (κ2) is 17.8. The molecule has 0 aromatic heterocycles. The summed E-state index contributed by atoms with van der Waals surface area (Å²) < 4.78 is 70.4. The first kappa shape index (κ1) is 48.9. The van der Waals surface area contributed by atoms with E-state index < -0.39 is 90.5 Å². The molecule has 0 aliphatic heterocycles. The van der Waals surface area contributed by atoms with Crippen molar-refractivity contribution in [3.63, 3.8) is 0 Å². The zero-order valence-electron chi connectivity index (χ0n) is 25.2. The van der Waals surface area contributed by atoms with Crippen molar-refractivity contribution in [3.8, 4) is 0 Å². The minimum Gasteiger partial charge on any atom is -0.368 e. The van der Waals surface area contributed by atoms with Crippen molar-refractivity contribution in [1.82, 2.24) is 0 Å². The maximum atomic E-state index is 10.8. The predicted molar refractivity (Wildman–Crippen MR) is 150 cm³/mol. The van der Waals surface area contributed by atoms with E-state index in [1.165, 1.54) is 0 Å². The molecular formula is C7H36O31Si10. The third-order valence-electron chi connectivity index (χ3n) is 4.17. The first-order valence-corrected chi connectivity index (χ1v) is 28.2. The van der Waals surface area contributed by atoms with Crippen LogP contribution < -0.4 is 0 Å². The van der Waals surface area contributed by atoms with Crippen LogP contribution in [0.3, 0.4) is 0 Å². The Kier molecular flexibility index (Phi) is 18.2. The Bertz CT molecular complexity index is 991. The van der Waals surface area contributed by atoms with Crippen LogP contribution in [0.2, 0.25) is 0 Å². The summed E-state index contributed by atoms with van der Waals surface area (Å²) in [6.07, 6.45) is 0. The van der Waals surface area contributed by atoms with E-state index in [1.54, 1.807) is 0 Å². The lowest BCUT2D eigenvalue weighted by Gasteiger charge is -2.36. The molecule has 15 N–H and O–H groups in total. The van der Waals surface area contributed by atoms with Crippen LogP contribution in [0, 0.1) is 0 Å². The predicted octanol–water partition coefficient (Wildman–Crippen LogP) is -12.1. The van der Waals surface area contributed by atoms with E-state index in [0.717, 1.165) is 0 Å². The van der Waals surface area contributed by atoms with E-state index in [4.69, 9.17) is 8.23 Å². The van der Waals surface area contributed by atoms with Gasteiger partial charge in [0.15, 0.2) is 0 Å². The van der Waals surface area contributed by atoms with Crippen LogP contribution in [-0.2, 0) is 68.0 Å². The van der Waals surface area contributed by atoms with E-state index in [9.17, 15) is 71.9 Å². The zero-order valence-corrected chi connectivity index (χ0v) is 35.2. The lowest BCUT2D eigenvalue weighted by atomic mass is 11.8. The Labute approximate surface area is 279 Å². The summed E-state index contributed by atoms with van der Waals surface area (Å²) in [5, 5.41) is 0. The van der Waals surface area contributed by atoms with Crippen LogP contribution >= 0.6 is 0 Å². The maximum absolute atomic E-state index is 10.8. The summed E-state index contributed by atoms with van der Waals surface area (Å²) in [7, 11) is -53.4. The highest BCUT2D eigenvalue weighted by atomic mass is 28.6. The molecular weight excluding hydrogens is 861 g/mol. The van der Waals surface area contributed by atoms with Crippen LogP contribution in [-0.4, -0.2) is 212 Å². The van der Waals surface area contributed by atoms with Crippen molar-refractivity contribution in [1.29, 1.82) is 0 Å². The van der Waals surface area contributed by atoms with Gasteiger partial charge in [0.05, 0.1) is 0 Å². The van der Waals surface area contributed by atoms with Crippen molar-refractivity contribution in [2.24, 2.45) is 0 Å². The smallest absolute Gasteiger partial charge is 0.368 e. The molecule has 0 aliphatic carbocycles. The number of hydrogen-bond donors (Lipinski definition) is 15. The summed E-state index contributed by atoms with van der Waals surface area (Å²) >= 11 is 0. The first-order chi connectivity index (χ1) is 21.3. The molecule has 31 nitrogen and oxygen atoms in total. The molecule has 5 unspecified atom stereocenters. The van der Waals surface area contributed by atoms with Gasteiger partial charge >= 0.3 is 90.5 Å². The van der Waals surface area contributed by atoms with Crippen molar-refractivity contribution >= 4 is 90.5 Å². The summed E-state index contributed by atoms with van der Waals surface area (Å²) in [5.74, 6) is 0. The average molecular weight is 897 g/mol. The molecule has 0 aromatic carbocycles. The fraction of sp³-hybridized carbons (Fsp3) is 1.00. The number of rotatable bonds is 25. The molecule has 290 valence electrons. The lowest BCUT2D eigenvalue weighted by molar-refractivity contribution is -0.0484. The SMILES string of the molecule is CO[Si](O)(O)O[Si](O)(O)O[Si](O)(O)O[Si](O)(OC)O[Si](O)(OC)O[Si](O)(OC)O[Si](O)(OC)O[Si](O)(OC)O[Si](O)(O)O[Si](O)(O)OC. The highest BCUT2D eigenvalue weighted by Gasteiger charge is 2.70. The minimum absolute atomic E-state index is 0.532. The quantitative estimate of drug-likeness (QED) is 0.0378. The second-order valence-electron chi connectivity index (χ2n) is 7.71. The van der Waals surface area contributed by atoms with Gasteiger partial charge in [0.2, 0.25) is 0 Å². The van der Waals surface area contributed by atoms with Gasteiger partial charge in [-0.25, -0.2) is 0 Å². The zero-order chi connectivity index (χ0) is 38.3. The molecule has 0 rings (SSSR count). The molecule has 0 fully saturated rings. The highest BCUT2D eigenvalue weighted by molar-refractivity contribution is 6.81. The largest absolute Gasteiger partial charge is 0.668 e. The third kappa shape index (κ3) is 17.2. The molecule has 0 bridgehead atoms. The molecule has 0 saturated heterocycles. The van der Waals surface area contributed by atoms with Gasteiger partial charge in [-0.15, -0.1) is 0 Å². The molecule has 0 aliphatic rings. The Balaban J connectivity index is 6.16. The average Bonchev–Trinajstić information content (AvgIpc) is 2.89. The maximum Gasteiger partial charge on any atom is 0.668 e. The molecule has 0 aromatic rings. The van der Waals surface area contributed by atoms with Crippen LogP contribution in [0.4, 0.5) is 0 Å². The highest BCUT2D eigenvalue weighted by Crippen LogP contribution is 2.26. The molecule has 0 spiro atoms. The van der Waals surface area contributed by atoms with E-state index >= 15 is 0 Å². The van der Waals surface area contributed by atoms with E-state index in [1.807, 2.05) is 0 Å². The van der Waals surface area contributed by atoms with Crippen LogP contribution in [0.5, 0.6) is 0 Å². The fourth-order valence-electron chi connectivity index (χ4n) is 2.17. The summed E-state index contributed by atoms with van der Waals surface area (Å²) in [6, 6.07) is 0. The lowest BCUT2D eigenvalue weighted by Crippen LogP contribution is -2.71. The van der Waals surface area contributed by atoms with Gasteiger partial charge in [0, 0.05) is 49.8 Å². The normalized spacial score (nSPS) is 20.4. The standard InChI is InChI=1S/C7H36O31Si10/c1-23-39(8,9)30-41(12,13)32-43(16,17)34-45(19,26-4)36-47(21,28-6)38-48(22,29-7)37-46(20,27-5)35-44(18,25-3)33-42(14,15)31-40(10,11)24-2/h8-22H,1-7H3. The molecule has 5 atom stereocenters. The Morgan fingerprint density at radius 3 is 0.562 bits per heavy atom. The van der Waals surface area contributed by atoms with Crippen molar-refractivity contribution in [3.05, 3.63) is 0 Å². The summed E-state index contributed by atoms with van der Waals surface area (Å²) in [5.41, 5.74) is 0.